The molecule has 4 atom stereocenters. The van der Waals surface area contributed by atoms with Crippen LogP contribution in [0.4, 0.5) is 0 Å². The quantitative estimate of drug-likeness (QED) is 0.640. The van der Waals surface area contributed by atoms with Crippen LogP contribution in [0.2, 0.25) is 0 Å². The van der Waals surface area contributed by atoms with E-state index in [0.29, 0.717) is 28.6 Å². The van der Waals surface area contributed by atoms with E-state index in [0.717, 1.165) is 63.5 Å². The second-order valence-corrected chi connectivity index (χ2v) is 13.2. The highest BCUT2D eigenvalue weighted by Crippen LogP contribution is 2.78. The molecular formula is C26H37NO3. The first-order chi connectivity index (χ1) is 14.4. The number of rotatable bonds is 3. The molecule has 164 valence electrons. The summed E-state index contributed by atoms with van der Waals surface area (Å²) < 4.78 is 5.41. The largest absolute Gasteiger partial charge is 0.469 e. The maximum atomic E-state index is 13.7. The second-order valence-electron chi connectivity index (χ2n) is 13.2. The van der Waals surface area contributed by atoms with Crippen molar-refractivity contribution in [2.45, 2.75) is 83.5 Å². The van der Waals surface area contributed by atoms with Crippen LogP contribution in [0.1, 0.15) is 83.5 Å². The predicted octanol–water partition coefficient (Wildman–Crippen LogP) is 4.56. The molecule has 0 N–H and O–H groups in total. The van der Waals surface area contributed by atoms with Crippen LogP contribution in [-0.4, -0.2) is 37.0 Å². The summed E-state index contributed by atoms with van der Waals surface area (Å²) in [6.07, 6.45) is 15.9. The number of likely N-dealkylation sites (tertiary alicyclic amines) is 1. The van der Waals surface area contributed by atoms with Crippen molar-refractivity contribution < 1.29 is 14.3 Å². The van der Waals surface area contributed by atoms with Crippen LogP contribution in [0.5, 0.6) is 0 Å². The van der Waals surface area contributed by atoms with E-state index in [1.165, 1.54) is 44.9 Å². The smallest absolute Gasteiger partial charge is 0.311 e. The molecule has 0 radical (unpaired) electrons. The Balaban J connectivity index is 1.30. The summed E-state index contributed by atoms with van der Waals surface area (Å²) in [5, 5.41) is 0. The van der Waals surface area contributed by atoms with E-state index in [1.807, 2.05) is 0 Å². The Morgan fingerprint density at radius 3 is 1.63 bits per heavy atom. The normalized spacial score (nSPS) is 54.9. The SMILES string of the molecule is COC(=O)C12CC3CC(C1)CC(C14CC5CC(CC(C(=O)N6CCC6)(C5)C1)C4)(C3)C2. The highest BCUT2D eigenvalue weighted by molar-refractivity contribution is 5.84. The van der Waals surface area contributed by atoms with Gasteiger partial charge in [0.1, 0.15) is 0 Å². The molecule has 1 saturated heterocycles. The van der Waals surface area contributed by atoms with Crippen molar-refractivity contribution in [1.29, 1.82) is 0 Å². The Kier molecular flexibility index (Phi) is 3.48. The molecule has 0 aromatic carbocycles. The minimum atomic E-state index is -0.211. The predicted molar refractivity (Wildman–Crippen MR) is 112 cm³/mol. The van der Waals surface area contributed by atoms with Gasteiger partial charge >= 0.3 is 5.97 Å². The van der Waals surface area contributed by atoms with Gasteiger partial charge in [-0.05, 0) is 118 Å². The monoisotopic (exact) mass is 411 g/mol. The number of ether oxygens (including phenoxy) is 1. The molecule has 4 unspecified atom stereocenters. The van der Waals surface area contributed by atoms with Crippen LogP contribution in [-0.2, 0) is 14.3 Å². The van der Waals surface area contributed by atoms with Crippen molar-refractivity contribution in [3.05, 3.63) is 0 Å². The molecule has 4 heteroatoms. The lowest BCUT2D eigenvalue weighted by molar-refractivity contribution is -0.242. The number of hydrogen-bond donors (Lipinski definition) is 0. The molecule has 8 aliphatic carbocycles. The first kappa shape index (κ1) is 18.5. The first-order valence-corrected chi connectivity index (χ1v) is 12.8. The molecular weight excluding hydrogens is 374 g/mol. The van der Waals surface area contributed by atoms with Crippen LogP contribution < -0.4 is 0 Å². The second kappa shape index (κ2) is 5.64. The highest BCUT2D eigenvalue weighted by Gasteiger charge is 2.72. The van der Waals surface area contributed by atoms with E-state index in [4.69, 9.17) is 4.74 Å². The average molecular weight is 412 g/mol. The molecule has 8 saturated carbocycles. The van der Waals surface area contributed by atoms with Gasteiger partial charge in [-0.3, -0.25) is 9.59 Å². The van der Waals surface area contributed by atoms with E-state index in [1.54, 1.807) is 7.11 Å². The topological polar surface area (TPSA) is 46.6 Å². The van der Waals surface area contributed by atoms with Gasteiger partial charge in [0.25, 0.3) is 0 Å². The summed E-state index contributed by atoms with van der Waals surface area (Å²) in [6, 6.07) is 0. The van der Waals surface area contributed by atoms with Crippen molar-refractivity contribution >= 4 is 11.9 Å². The molecule has 30 heavy (non-hydrogen) atoms. The zero-order chi connectivity index (χ0) is 20.4. The van der Waals surface area contributed by atoms with E-state index >= 15 is 0 Å². The number of carbonyl (C=O) groups excluding carboxylic acids is 2. The summed E-state index contributed by atoms with van der Waals surface area (Å²) in [5.41, 5.74) is 0.335. The van der Waals surface area contributed by atoms with Gasteiger partial charge in [-0.2, -0.15) is 0 Å². The molecule has 9 aliphatic rings. The first-order valence-electron chi connectivity index (χ1n) is 12.8. The van der Waals surface area contributed by atoms with Gasteiger partial charge in [0.05, 0.1) is 17.9 Å². The lowest BCUT2D eigenvalue weighted by Crippen LogP contribution is -2.67. The van der Waals surface area contributed by atoms with Crippen LogP contribution >= 0.6 is 0 Å². The number of methoxy groups -OCH3 is 1. The van der Waals surface area contributed by atoms with Gasteiger partial charge in [-0.1, -0.05) is 0 Å². The van der Waals surface area contributed by atoms with Crippen molar-refractivity contribution in [3.8, 4) is 0 Å². The molecule has 1 aliphatic heterocycles. The maximum absolute atomic E-state index is 13.7. The van der Waals surface area contributed by atoms with Crippen molar-refractivity contribution in [3.63, 3.8) is 0 Å². The third-order valence-corrected chi connectivity index (χ3v) is 11.5. The van der Waals surface area contributed by atoms with Crippen LogP contribution in [0, 0.1) is 45.3 Å². The number of esters is 1. The lowest BCUT2D eigenvalue weighted by Gasteiger charge is -2.73. The van der Waals surface area contributed by atoms with E-state index < -0.39 is 0 Å². The number of hydrogen-bond acceptors (Lipinski definition) is 3. The van der Waals surface area contributed by atoms with Crippen molar-refractivity contribution in [2.24, 2.45) is 45.3 Å². The number of nitrogens with zero attached hydrogens (tertiary/aromatic N) is 1. The van der Waals surface area contributed by atoms with Crippen molar-refractivity contribution in [1.82, 2.24) is 4.90 Å². The summed E-state index contributed by atoms with van der Waals surface area (Å²) in [5.74, 6) is 3.51. The van der Waals surface area contributed by atoms with Gasteiger partial charge < -0.3 is 9.64 Å². The Bertz CT molecular complexity index is 785. The molecule has 0 aromatic rings. The average Bonchev–Trinajstić information content (AvgIpc) is 2.64. The third-order valence-electron chi connectivity index (χ3n) is 11.5. The van der Waals surface area contributed by atoms with E-state index in [9.17, 15) is 9.59 Å². The molecule has 9 fully saturated rings. The molecule has 1 heterocycles. The van der Waals surface area contributed by atoms with Gasteiger partial charge in [0, 0.05) is 13.1 Å². The minimum Gasteiger partial charge on any atom is -0.469 e. The fraction of sp³-hybridized carbons (Fsp3) is 0.923. The number of amides is 1. The van der Waals surface area contributed by atoms with Crippen LogP contribution in [0.15, 0.2) is 0 Å². The van der Waals surface area contributed by atoms with Gasteiger partial charge in [-0.15, -0.1) is 0 Å². The molecule has 0 aromatic heterocycles. The van der Waals surface area contributed by atoms with Crippen LogP contribution in [0.3, 0.4) is 0 Å². The van der Waals surface area contributed by atoms with Crippen LogP contribution in [0.25, 0.3) is 0 Å². The minimum absolute atomic E-state index is 0.0632. The van der Waals surface area contributed by atoms with Gasteiger partial charge in [0.15, 0.2) is 0 Å². The molecule has 4 nitrogen and oxygen atoms in total. The molecule has 1 amide bonds. The zero-order valence-corrected chi connectivity index (χ0v) is 18.6. The third kappa shape index (κ3) is 2.14. The Morgan fingerprint density at radius 1 is 0.733 bits per heavy atom. The fourth-order valence-corrected chi connectivity index (χ4v) is 11.3. The lowest BCUT2D eigenvalue weighted by atomic mass is 9.31. The standard InChI is InChI=1S/C26H37NO3/c1-30-22(29)24-9-19-6-20(10-24)14-26(13-19,16-24)25-11-17-5-18(12-25)8-23(7-17,15-25)21(28)27-3-2-4-27/h17-20H,2-16H2,1H3. The summed E-state index contributed by atoms with van der Waals surface area (Å²) in [7, 11) is 1.60. The Morgan fingerprint density at radius 2 is 1.20 bits per heavy atom. The zero-order valence-electron chi connectivity index (χ0n) is 18.6. The number of carbonyl (C=O) groups is 2. The summed E-state index contributed by atoms with van der Waals surface area (Å²) >= 11 is 0. The maximum Gasteiger partial charge on any atom is 0.311 e. The summed E-state index contributed by atoms with van der Waals surface area (Å²) in [6.45, 7) is 1.98. The summed E-state index contributed by atoms with van der Waals surface area (Å²) in [4.78, 5) is 29.0. The highest BCUT2D eigenvalue weighted by atomic mass is 16.5. The molecule has 0 spiro atoms. The molecule has 9 rings (SSSR count). The van der Waals surface area contributed by atoms with Crippen molar-refractivity contribution in [2.75, 3.05) is 20.2 Å². The van der Waals surface area contributed by atoms with E-state index in [-0.39, 0.29) is 16.8 Å². The van der Waals surface area contributed by atoms with Gasteiger partial charge in [-0.25, -0.2) is 0 Å². The fourth-order valence-electron chi connectivity index (χ4n) is 11.3. The van der Waals surface area contributed by atoms with E-state index in [2.05, 4.69) is 4.90 Å². The van der Waals surface area contributed by atoms with Gasteiger partial charge in [0.2, 0.25) is 5.91 Å². The Labute approximate surface area is 180 Å². The Hall–Kier alpha value is -1.06. The molecule has 8 bridgehead atoms.